The first kappa shape index (κ1) is 15.5. The standard InChI is InChI=1S/C16H16BrNO3/c17-14-6-1-7-15(10-14)21-12-16(19)20-9-3-5-13-4-2-8-18-11-13/h1-2,4,6-8,10-11H,3,5,9,12H2. The van der Waals surface area contributed by atoms with Crippen molar-refractivity contribution >= 4 is 21.9 Å². The minimum absolute atomic E-state index is 0.0800. The Morgan fingerprint density at radius 1 is 1.24 bits per heavy atom. The first-order chi connectivity index (χ1) is 10.2. The first-order valence-corrected chi connectivity index (χ1v) is 7.46. The monoisotopic (exact) mass is 349 g/mol. The number of benzene rings is 1. The second kappa shape index (κ2) is 8.42. The predicted octanol–water partition coefficient (Wildman–Crippen LogP) is 3.40. The number of esters is 1. The number of carbonyl (C=O) groups is 1. The van der Waals surface area contributed by atoms with Crippen LogP contribution in [0.15, 0.2) is 53.3 Å². The van der Waals surface area contributed by atoms with Crippen molar-refractivity contribution in [2.75, 3.05) is 13.2 Å². The highest BCUT2D eigenvalue weighted by Crippen LogP contribution is 2.17. The highest BCUT2D eigenvalue weighted by atomic mass is 79.9. The van der Waals surface area contributed by atoms with E-state index in [0.29, 0.717) is 12.4 Å². The number of pyridine rings is 1. The smallest absolute Gasteiger partial charge is 0.344 e. The van der Waals surface area contributed by atoms with E-state index in [9.17, 15) is 4.79 Å². The third-order valence-electron chi connectivity index (χ3n) is 2.75. The van der Waals surface area contributed by atoms with Crippen LogP contribution in [0.4, 0.5) is 0 Å². The van der Waals surface area contributed by atoms with Crippen molar-refractivity contribution in [3.8, 4) is 5.75 Å². The fourth-order valence-corrected chi connectivity index (χ4v) is 2.13. The molecule has 1 aromatic heterocycles. The molecular weight excluding hydrogens is 334 g/mol. The molecule has 2 aromatic rings. The highest BCUT2D eigenvalue weighted by Gasteiger charge is 2.04. The fourth-order valence-electron chi connectivity index (χ4n) is 1.75. The highest BCUT2D eigenvalue weighted by molar-refractivity contribution is 9.10. The molecule has 0 spiro atoms. The normalized spacial score (nSPS) is 10.1. The molecule has 0 fully saturated rings. The van der Waals surface area contributed by atoms with Crippen LogP contribution >= 0.6 is 15.9 Å². The molecule has 0 aliphatic rings. The van der Waals surface area contributed by atoms with Gasteiger partial charge in [0.15, 0.2) is 6.61 Å². The number of hydrogen-bond donors (Lipinski definition) is 0. The van der Waals surface area contributed by atoms with Gasteiger partial charge in [-0.1, -0.05) is 28.1 Å². The van der Waals surface area contributed by atoms with E-state index in [-0.39, 0.29) is 12.6 Å². The van der Waals surface area contributed by atoms with Gasteiger partial charge in [-0.05, 0) is 42.7 Å². The summed E-state index contributed by atoms with van der Waals surface area (Å²) in [6.45, 7) is 0.304. The zero-order valence-electron chi connectivity index (χ0n) is 11.5. The summed E-state index contributed by atoms with van der Waals surface area (Å²) in [7, 11) is 0. The van der Waals surface area contributed by atoms with E-state index >= 15 is 0 Å². The SMILES string of the molecule is O=C(COc1cccc(Br)c1)OCCCc1cccnc1. The average Bonchev–Trinajstić information content (AvgIpc) is 2.51. The van der Waals surface area contributed by atoms with Gasteiger partial charge >= 0.3 is 5.97 Å². The van der Waals surface area contributed by atoms with Gasteiger partial charge in [0.05, 0.1) is 6.61 Å². The maximum Gasteiger partial charge on any atom is 0.344 e. The molecule has 0 saturated heterocycles. The van der Waals surface area contributed by atoms with E-state index in [2.05, 4.69) is 20.9 Å². The van der Waals surface area contributed by atoms with Gasteiger partial charge in [-0.25, -0.2) is 4.79 Å². The van der Waals surface area contributed by atoms with E-state index in [1.54, 1.807) is 18.3 Å². The van der Waals surface area contributed by atoms with Gasteiger partial charge < -0.3 is 9.47 Å². The van der Waals surface area contributed by atoms with E-state index in [1.807, 2.05) is 30.5 Å². The maximum atomic E-state index is 11.5. The van der Waals surface area contributed by atoms with Gasteiger partial charge in [0.2, 0.25) is 0 Å². The number of aryl methyl sites for hydroxylation is 1. The zero-order chi connectivity index (χ0) is 14.9. The molecule has 1 aromatic carbocycles. The molecule has 0 aliphatic heterocycles. The lowest BCUT2D eigenvalue weighted by Crippen LogP contribution is -2.15. The summed E-state index contributed by atoms with van der Waals surface area (Å²) < 4.78 is 11.4. The van der Waals surface area contributed by atoms with Gasteiger partial charge in [-0.2, -0.15) is 0 Å². The van der Waals surface area contributed by atoms with Gasteiger partial charge in [-0.15, -0.1) is 0 Å². The molecular formula is C16H16BrNO3. The summed E-state index contributed by atoms with van der Waals surface area (Å²) in [5.41, 5.74) is 1.14. The van der Waals surface area contributed by atoms with Crippen LogP contribution in [0, 0.1) is 0 Å². The van der Waals surface area contributed by atoms with Crippen LogP contribution in [0.5, 0.6) is 5.75 Å². The minimum Gasteiger partial charge on any atom is -0.482 e. The van der Waals surface area contributed by atoms with Gasteiger partial charge in [0, 0.05) is 16.9 Å². The van der Waals surface area contributed by atoms with Crippen molar-refractivity contribution in [1.82, 2.24) is 4.98 Å². The van der Waals surface area contributed by atoms with Crippen LogP contribution in [0.3, 0.4) is 0 Å². The molecule has 2 rings (SSSR count). The number of hydrogen-bond acceptors (Lipinski definition) is 4. The Morgan fingerprint density at radius 3 is 2.90 bits per heavy atom. The number of nitrogens with zero attached hydrogens (tertiary/aromatic N) is 1. The quantitative estimate of drug-likeness (QED) is 0.567. The summed E-state index contributed by atoms with van der Waals surface area (Å²) in [5, 5.41) is 0. The second-order valence-corrected chi connectivity index (χ2v) is 5.35. The zero-order valence-corrected chi connectivity index (χ0v) is 13.1. The van der Waals surface area contributed by atoms with Crippen LogP contribution in [-0.4, -0.2) is 24.2 Å². The summed E-state index contributed by atoms with van der Waals surface area (Å²) in [5.74, 6) is 0.276. The molecule has 0 N–H and O–H groups in total. The Hall–Kier alpha value is -1.88. The molecule has 0 radical (unpaired) electrons. The predicted molar refractivity (Wildman–Crippen MR) is 83.2 cm³/mol. The lowest BCUT2D eigenvalue weighted by atomic mass is 10.2. The molecule has 0 saturated carbocycles. The van der Waals surface area contributed by atoms with Crippen molar-refractivity contribution in [1.29, 1.82) is 0 Å². The van der Waals surface area contributed by atoms with E-state index in [0.717, 1.165) is 22.9 Å². The maximum absolute atomic E-state index is 11.5. The summed E-state index contributed by atoms with van der Waals surface area (Å²) in [6, 6.07) is 11.2. The molecule has 21 heavy (non-hydrogen) atoms. The van der Waals surface area contributed by atoms with E-state index in [4.69, 9.17) is 9.47 Å². The minimum atomic E-state index is -0.360. The van der Waals surface area contributed by atoms with Crippen LogP contribution in [0.2, 0.25) is 0 Å². The molecule has 0 bridgehead atoms. The largest absolute Gasteiger partial charge is 0.482 e. The molecule has 4 nitrogen and oxygen atoms in total. The van der Waals surface area contributed by atoms with Crippen molar-refractivity contribution in [3.63, 3.8) is 0 Å². The summed E-state index contributed by atoms with van der Waals surface area (Å²) in [6.07, 6.45) is 5.17. The Labute approximate surface area is 132 Å². The van der Waals surface area contributed by atoms with Gasteiger partial charge in [-0.3, -0.25) is 4.98 Å². The molecule has 1 heterocycles. The first-order valence-electron chi connectivity index (χ1n) is 6.67. The Morgan fingerprint density at radius 2 is 2.14 bits per heavy atom. The van der Waals surface area contributed by atoms with E-state index in [1.165, 1.54) is 0 Å². The van der Waals surface area contributed by atoms with Crippen molar-refractivity contribution < 1.29 is 14.3 Å². The Bertz CT molecular complexity index is 575. The topological polar surface area (TPSA) is 48.4 Å². The van der Waals surface area contributed by atoms with Crippen LogP contribution < -0.4 is 4.74 Å². The van der Waals surface area contributed by atoms with Crippen molar-refractivity contribution in [2.45, 2.75) is 12.8 Å². The fraction of sp³-hybridized carbons (Fsp3) is 0.250. The molecule has 0 amide bonds. The van der Waals surface area contributed by atoms with Crippen molar-refractivity contribution in [3.05, 3.63) is 58.8 Å². The Kier molecular flexibility index (Phi) is 6.22. The molecule has 0 atom stereocenters. The Balaban J connectivity index is 1.62. The summed E-state index contributed by atoms with van der Waals surface area (Å²) in [4.78, 5) is 15.6. The van der Waals surface area contributed by atoms with Crippen LogP contribution in [0.25, 0.3) is 0 Å². The van der Waals surface area contributed by atoms with Crippen molar-refractivity contribution in [2.24, 2.45) is 0 Å². The average molecular weight is 350 g/mol. The van der Waals surface area contributed by atoms with Crippen LogP contribution in [-0.2, 0) is 16.0 Å². The third-order valence-corrected chi connectivity index (χ3v) is 3.24. The lowest BCUT2D eigenvalue weighted by Gasteiger charge is -2.07. The number of aromatic nitrogens is 1. The molecule has 0 aliphatic carbocycles. The van der Waals surface area contributed by atoms with Gasteiger partial charge in [0.1, 0.15) is 5.75 Å². The third kappa shape index (κ3) is 5.95. The number of halogens is 1. The van der Waals surface area contributed by atoms with Gasteiger partial charge in [0.25, 0.3) is 0 Å². The lowest BCUT2D eigenvalue weighted by molar-refractivity contribution is -0.146. The summed E-state index contributed by atoms with van der Waals surface area (Å²) >= 11 is 3.34. The number of ether oxygens (including phenoxy) is 2. The molecule has 5 heteroatoms. The van der Waals surface area contributed by atoms with E-state index < -0.39 is 0 Å². The second-order valence-electron chi connectivity index (χ2n) is 4.43. The number of rotatable bonds is 7. The molecule has 110 valence electrons. The number of carbonyl (C=O) groups excluding carboxylic acids is 1. The molecule has 0 unspecified atom stereocenters. The van der Waals surface area contributed by atoms with Crippen LogP contribution in [0.1, 0.15) is 12.0 Å².